The quantitative estimate of drug-likeness (QED) is 0.581. The maximum absolute atomic E-state index is 10.1. The summed E-state index contributed by atoms with van der Waals surface area (Å²) in [4.78, 5) is 0. The van der Waals surface area contributed by atoms with E-state index in [2.05, 4.69) is 19.2 Å². The molecule has 0 radical (unpaired) electrons. The summed E-state index contributed by atoms with van der Waals surface area (Å²) in [5.74, 6) is 1.77. The zero-order chi connectivity index (χ0) is 8.06. The Bertz CT molecular complexity index is 163. The topological polar surface area (TPSA) is 32.3 Å². The van der Waals surface area contributed by atoms with Crippen LogP contribution in [0.4, 0.5) is 0 Å². The van der Waals surface area contributed by atoms with Gasteiger partial charge in [-0.05, 0) is 18.3 Å². The SMILES string of the molecule is CC1CC(O)(C2CNC2)C1C. The Morgan fingerprint density at radius 2 is 2.00 bits per heavy atom. The van der Waals surface area contributed by atoms with Gasteiger partial charge in [-0.3, -0.25) is 0 Å². The zero-order valence-electron chi connectivity index (χ0n) is 7.30. The molecule has 2 N–H and O–H groups in total. The Morgan fingerprint density at radius 3 is 2.27 bits per heavy atom. The molecule has 3 atom stereocenters. The molecule has 0 aromatic carbocycles. The Morgan fingerprint density at radius 1 is 1.36 bits per heavy atom. The molecule has 2 rings (SSSR count). The predicted octanol–water partition coefficient (Wildman–Crippen LogP) is 0.613. The summed E-state index contributed by atoms with van der Waals surface area (Å²) < 4.78 is 0. The molecule has 1 saturated heterocycles. The van der Waals surface area contributed by atoms with E-state index in [4.69, 9.17) is 0 Å². The third-order valence-electron chi connectivity index (χ3n) is 3.78. The number of aliphatic hydroxyl groups is 1. The van der Waals surface area contributed by atoms with E-state index < -0.39 is 0 Å². The molecule has 64 valence electrons. The normalized spacial score (nSPS) is 51.5. The highest BCUT2D eigenvalue weighted by atomic mass is 16.3. The Kier molecular flexibility index (Phi) is 1.52. The van der Waals surface area contributed by atoms with Crippen molar-refractivity contribution in [2.75, 3.05) is 13.1 Å². The zero-order valence-corrected chi connectivity index (χ0v) is 7.30. The van der Waals surface area contributed by atoms with Gasteiger partial charge in [-0.15, -0.1) is 0 Å². The van der Waals surface area contributed by atoms with Crippen LogP contribution in [0.15, 0.2) is 0 Å². The Balaban J connectivity index is 2.00. The first kappa shape index (κ1) is 7.56. The second kappa shape index (κ2) is 2.20. The third kappa shape index (κ3) is 0.859. The van der Waals surface area contributed by atoms with Crippen LogP contribution in [0.25, 0.3) is 0 Å². The maximum atomic E-state index is 10.1. The average Bonchev–Trinajstić information content (AvgIpc) is 1.83. The molecule has 2 fully saturated rings. The molecular formula is C9H17NO. The van der Waals surface area contributed by atoms with Gasteiger partial charge in [0.1, 0.15) is 0 Å². The molecule has 0 amide bonds. The molecule has 0 aromatic heterocycles. The van der Waals surface area contributed by atoms with Gasteiger partial charge in [0.05, 0.1) is 5.60 Å². The molecule has 1 aliphatic carbocycles. The predicted molar refractivity (Wildman–Crippen MR) is 44.3 cm³/mol. The molecule has 0 bridgehead atoms. The average molecular weight is 155 g/mol. The standard InChI is InChI=1S/C9H17NO/c1-6-3-9(11,7(6)2)8-4-10-5-8/h6-8,10-11H,3-5H2,1-2H3. The van der Waals surface area contributed by atoms with Crippen molar-refractivity contribution in [3.05, 3.63) is 0 Å². The van der Waals surface area contributed by atoms with E-state index in [1.54, 1.807) is 0 Å². The van der Waals surface area contributed by atoms with Crippen molar-refractivity contribution in [1.29, 1.82) is 0 Å². The monoisotopic (exact) mass is 155 g/mol. The maximum Gasteiger partial charge on any atom is 0.0730 e. The summed E-state index contributed by atoms with van der Waals surface area (Å²) in [5, 5.41) is 13.3. The van der Waals surface area contributed by atoms with Crippen molar-refractivity contribution in [2.24, 2.45) is 17.8 Å². The highest BCUT2D eigenvalue weighted by Crippen LogP contribution is 2.48. The van der Waals surface area contributed by atoms with E-state index in [9.17, 15) is 5.11 Å². The summed E-state index contributed by atoms with van der Waals surface area (Å²) in [6, 6.07) is 0. The van der Waals surface area contributed by atoms with E-state index in [0.29, 0.717) is 11.8 Å². The highest BCUT2D eigenvalue weighted by Gasteiger charge is 2.54. The van der Waals surface area contributed by atoms with Crippen LogP contribution in [-0.4, -0.2) is 23.8 Å². The smallest absolute Gasteiger partial charge is 0.0730 e. The minimum Gasteiger partial charge on any atom is -0.389 e. The molecule has 3 unspecified atom stereocenters. The molecule has 0 spiro atoms. The molecule has 1 aliphatic heterocycles. The summed E-state index contributed by atoms with van der Waals surface area (Å²) >= 11 is 0. The first-order chi connectivity index (χ1) is 5.14. The van der Waals surface area contributed by atoms with Crippen molar-refractivity contribution in [3.8, 4) is 0 Å². The summed E-state index contributed by atoms with van der Waals surface area (Å²) in [5.41, 5.74) is -0.315. The summed E-state index contributed by atoms with van der Waals surface area (Å²) in [7, 11) is 0. The molecular weight excluding hydrogens is 138 g/mol. The van der Waals surface area contributed by atoms with Crippen LogP contribution < -0.4 is 5.32 Å². The van der Waals surface area contributed by atoms with Crippen molar-refractivity contribution < 1.29 is 5.11 Å². The van der Waals surface area contributed by atoms with Crippen LogP contribution in [0.5, 0.6) is 0 Å². The Hall–Kier alpha value is -0.0800. The minimum atomic E-state index is -0.315. The van der Waals surface area contributed by atoms with Gasteiger partial charge in [0.2, 0.25) is 0 Å². The van der Waals surface area contributed by atoms with Gasteiger partial charge in [0, 0.05) is 19.0 Å². The van der Waals surface area contributed by atoms with E-state index in [1.165, 1.54) is 0 Å². The third-order valence-corrected chi connectivity index (χ3v) is 3.78. The van der Waals surface area contributed by atoms with E-state index in [-0.39, 0.29) is 5.60 Å². The number of nitrogens with one attached hydrogen (secondary N) is 1. The molecule has 0 aromatic rings. The minimum absolute atomic E-state index is 0.315. The van der Waals surface area contributed by atoms with Crippen LogP contribution in [0.1, 0.15) is 20.3 Å². The number of rotatable bonds is 1. The summed E-state index contributed by atoms with van der Waals surface area (Å²) in [6.45, 7) is 6.44. The van der Waals surface area contributed by atoms with Gasteiger partial charge in [0.15, 0.2) is 0 Å². The summed E-state index contributed by atoms with van der Waals surface area (Å²) in [6.07, 6.45) is 1.01. The van der Waals surface area contributed by atoms with Crippen LogP contribution in [0.3, 0.4) is 0 Å². The van der Waals surface area contributed by atoms with Crippen LogP contribution >= 0.6 is 0 Å². The largest absolute Gasteiger partial charge is 0.389 e. The molecule has 11 heavy (non-hydrogen) atoms. The van der Waals surface area contributed by atoms with Gasteiger partial charge in [0.25, 0.3) is 0 Å². The first-order valence-corrected chi connectivity index (χ1v) is 4.57. The molecule has 2 nitrogen and oxygen atoms in total. The molecule has 1 saturated carbocycles. The second-order valence-electron chi connectivity index (χ2n) is 4.32. The fourth-order valence-corrected chi connectivity index (χ4v) is 2.39. The van der Waals surface area contributed by atoms with Gasteiger partial charge < -0.3 is 10.4 Å². The van der Waals surface area contributed by atoms with Gasteiger partial charge in [-0.25, -0.2) is 0 Å². The van der Waals surface area contributed by atoms with E-state index in [1.807, 2.05) is 0 Å². The van der Waals surface area contributed by atoms with E-state index in [0.717, 1.165) is 25.4 Å². The van der Waals surface area contributed by atoms with Gasteiger partial charge >= 0.3 is 0 Å². The van der Waals surface area contributed by atoms with Crippen molar-refractivity contribution in [2.45, 2.75) is 25.9 Å². The lowest BCUT2D eigenvalue weighted by atomic mass is 9.56. The van der Waals surface area contributed by atoms with Crippen molar-refractivity contribution in [1.82, 2.24) is 5.32 Å². The second-order valence-corrected chi connectivity index (χ2v) is 4.32. The van der Waals surface area contributed by atoms with Crippen LogP contribution in [0.2, 0.25) is 0 Å². The van der Waals surface area contributed by atoms with Crippen LogP contribution in [0, 0.1) is 17.8 Å². The Labute approximate surface area is 68.0 Å². The van der Waals surface area contributed by atoms with Crippen molar-refractivity contribution >= 4 is 0 Å². The molecule has 1 heterocycles. The lowest BCUT2D eigenvalue weighted by molar-refractivity contribution is -0.174. The molecule has 2 aliphatic rings. The van der Waals surface area contributed by atoms with Gasteiger partial charge in [-0.2, -0.15) is 0 Å². The van der Waals surface area contributed by atoms with Gasteiger partial charge in [-0.1, -0.05) is 13.8 Å². The van der Waals surface area contributed by atoms with Crippen LogP contribution in [-0.2, 0) is 0 Å². The number of hydrogen-bond donors (Lipinski definition) is 2. The highest BCUT2D eigenvalue weighted by molar-refractivity contribution is 5.06. The van der Waals surface area contributed by atoms with Crippen molar-refractivity contribution in [3.63, 3.8) is 0 Å². The fraction of sp³-hybridized carbons (Fsp3) is 1.00. The first-order valence-electron chi connectivity index (χ1n) is 4.57. The number of hydrogen-bond acceptors (Lipinski definition) is 2. The van der Waals surface area contributed by atoms with E-state index >= 15 is 0 Å². The lowest BCUT2D eigenvalue weighted by Gasteiger charge is -2.56. The lowest BCUT2D eigenvalue weighted by Crippen LogP contribution is -2.65. The molecule has 2 heteroatoms. The fourth-order valence-electron chi connectivity index (χ4n) is 2.39.